The molecule has 0 saturated heterocycles. The summed E-state index contributed by atoms with van der Waals surface area (Å²) in [4.78, 5) is 14.8. The van der Waals surface area contributed by atoms with Crippen LogP contribution in [0, 0.1) is 0 Å². The molecule has 3 aromatic rings. The highest BCUT2D eigenvalue weighted by Gasteiger charge is 2.08. The number of benzene rings is 1. The summed E-state index contributed by atoms with van der Waals surface area (Å²) in [6, 6.07) is 10.7. The number of ether oxygens (including phenoxy) is 1. The molecule has 0 amide bonds. The highest BCUT2D eigenvalue weighted by Crippen LogP contribution is 2.17. The number of aromatic amines is 1. The van der Waals surface area contributed by atoms with Crippen LogP contribution in [0.3, 0.4) is 0 Å². The highest BCUT2D eigenvalue weighted by molar-refractivity contribution is 5.58. The van der Waals surface area contributed by atoms with Gasteiger partial charge in [0.1, 0.15) is 11.5 Å². The van der Waals surface area contributed by atoms with E-state index in [4.69, 9.17) is 9.15 Å². The molecular weight excluding hydrogens is 284 g/mol. The third-order valence-electron chi connectivity index (χ3n) is 3.07. The van der Waals surface area contributed by atoms with Crippen LogP contribution in [0.5, 0.6) is 5.75 Å². The zero-order valence-corrected chi connectivity index (χ0v) is 11.9. The Labute approximate surface area is 126 Å². The lowest BCUT2D eigenvalue weighted by Gasteiger charge is -2.04. The van der Waals surface area contributed by atoms with Crippen molar-refractivity contribution < 1.29 is 9.15 Å². The van der Waals surface area contributed by atoms with Gasteiger partial charge in [0.2, 0.25) is 5.95 Å². The lowest BCUT2D eigenvalue weighted by Crippen LogP contribution is -2.16. The molecule has 0 aliphatic heterocycles. The zero-order valence-electron chi connectivity index (χ0n) is 11.9. The summed E-state index contributed by atoms with van der Waals surface area (Å²) in [6.07, 6.45) is 1.58. The minimum Gasteiger partial charge on any atom is -0.497 e. The minimum atomic E-state index is -0.317. The molecule has 0 aliphatic carbocycles. The number of nitrogens with zero attached hydrogens (tertiary/aromatic N) is 2. The van der Waals surface area contributed by atoms with E-state index in [0.29, 0.717) is 23.8 Å². The van der Waals surface area contributed by atoms with Gasteiger partial charge in [0.15, 0.2) is 5.69 Å². The third kappa shape index (κ3) is 2.98. The Balaban J connectivity index is 1.77. The number of furan rings is 1. The first-order valence-corrected chi connectivity index (χ1v) is 6.64. The van der Waals surface area contributed by atoms with Gasteiger partial charge in [-0.25, -0.2) is 0 Å². The topological polar surface area (TPSA) is 93.0 Å². The van der Waals surface area contributed by atoms with Crippen LogP contribution in [0.25, 0.3) is 11.3 Å². The van der Waals surface area contributed by atoms with Gasteiger partial charge >= 0.3 is 0 Å². The molecule has 2 aromatic heterocycles. The first kappa shape index (κ1) is 13.9. The summed E-state index contributed by atoms with van der Waals surface area (Å²) >= 11 is 0. The smallest absolute Gasteiger partial charge is 0.279 e. The quantitative estimate of drug-likeness (QED) is 0.749. The summed E-state index contributed by atoms with van der Waals surface area (Å²) in [5.74, 6) is 1.74. The second-order valence-electron chi connectivity index (χ2n) is 4.51. The SMILES string of the molecule is COc1ccc(-c2nnc(NCc3ccco3)[nH]c2=O)cc1. The molecule has 2 N–H and O–H groups in total. The highest BCUT2D eigenvalue weighted by atomic mass is 16.5. The predicted octanol–water partition coefficient (Wildman–Crippen LogP) is 2.05. The van der Waals surface area contributed by atoms with Gasteiger partial charge in [-0.1, -0.05) is 0 Å². The van der Waals surface area contributed by atoms with Gasteiger partial charge in [0.05, 0.1) is 19.9 Å². The van der Waals surface area contributed by atoms with E-state index in [1.807, 2.05) is 6.07 Å². The van der Waals surface area contributed by atoms with E-state index in [9.17, 15) is 4.79 Å². The molecule has 7 heteroatoms. The van der Waals surface area contributed by atoms with Gasteiger partial charge < -0.3 is 14.5 Å². The van der Waals surface area contributed by atoms with Gasteiger partial charge in [-0.3, -0.25) is 9.78 Å². The second kappa shape index (κ2) is 6.13. The van der Waals surface area contributed by atoms with E-state index >= 15 is 0 Å². The van der Waals surface area contributed by atoms with Crippen LogP contribution in [0.4, 0.5) is 5.95 Å². The normalized spacial score (nSPS) is 10.4. The van der Waals surface area contributed by atoms with Crippen molar-refractivity contribution in [2.24, 2.45) is 0 Å². The van der Waals surface area contributed by atoms with Crippen molar-refractivity contribution in [2.75, 3.05) is 12.4 Å². The summed E-state index contributed by atoms with van der Waals surface area (Å²) in [5, 5.41) is 10.9. The molecule has 0 bridgehead atoms. The molecular formula is C15H14N4O3. The zero-order chi connectivity index (χ0) is 15.4. The van der Waals surface area contributed by atoms with Crippen molar-refractivity contribution >= 4 is 5.95 Å². The van der Waals surface area contributed by atoms with Gasteiger partial charge in [-0.2, -0.15) is 0 Å². The molecule has 0 unspecified atom stereocenters. The summed E-state index contributed by atoms with van der Waals surface area (Å²) in [6.45, 7) is 0.416. The van der Waals surface area contributed by atoms with Crippen molar-refractivity contribution in [3.63, 3.8) is 0 Å². The molecule has 0 radical (unpaired) electrons. The van der Waals surface area contributed by atoms with Gasteiger partial charge in [-0.05, 0) is 36.4 Å². The molecule has 0 aliphatic rings. The molecule has 0 fully saturated rings. The van der Waals surface area contributed by atoms with E-state index in [1.54, 1.807) is 43.7 Å². The van der Waals surface area contributed by atoms with Crippen molar-refractivity contribution in [1.82, 2.24) is 15.2 Å². The Morgan fingerprint density at radius 1 is 1.23 bits per heavy atom. The number of hydrogen-bond donors (Lipinski definition) is 2. The molecule has 1 aromatic carbocycles. The fraction of sp³-hybridized carbons (Fsp3) is 0.133. The second-order valence-corrected chi connectivity index (χ2v) is 4.51. The van der Waals surface area contributed by atoms with E-state index in [1.165, 1.54) is 0 Å². The Kier molecular flexibility index (Phi) is 3.86. The summed E-state index contributed by atoms with van der Waals surface area (Å²) in [7, 11) is 1.58. The van der Waals surface area contributed by atoms with Crippen LogP contribution < -0.4 is 15.6 Å². The Morgan fingerprint density at radius 2 is 2.05 bits per heavy atom. The van der Waals surface area contributed by atoms with Crippen molar-refractivity contribution in [3.05, 3.63) is 58.8 Å². The first-order valence-electron chi connectivity index (χ1n) is 6.64. The molecule has 112 valence electrons. The number of anilines is 1. The average Bonchev–Trinajstić information content (AvgIpc) is 3.07. The van der Waals surface area contributed by atoms with Crippen LogP contribution in [0.15, 0.2) is 51.9 Å². The fourth-order valence-electron chi connectivity index (χ4n) is 1.94. The maximum atomic E-state index is 12.1. The number of rotatable bonds is 5. The molecule has 3 rings (SSSR count). The van der Waals surface area contributed by atoms with Gasteiger partial charge in [0, 0.05) is 5.56 Å². The minimum absolute atomic E-state index is 0.256. The van der Waals surface area contributed by atoms with Crippen molar-refractivity contribution in [2.45, 2.75) is 6.54 Å². The number of aromatic nitrogens is 3. The van der Waals surface area contributed by atoms with E-state index in [0.717, 1.165) is 5.76 Å². The van der Waals surface area contributed by atoms with Crippen molar-refractivity contribution in [3.8, 4) is 17.0 Å². The fourth-order valence-corrected chi connectivity index (χ4v) is 1.94. The molecule has 0 saturated carbocycles. The van der Waals surface area contributed by atoms with Crippen LogP contribution in [0.2, 0.25) is 0 Å². The summed E-state index contributed by atoms with van der Waals surface area (Å²) < 4.78 is 10.3. The number of H-pyrrole nitrogens is 1. The molecule has 22 heavy (non-hydrogen) atoms. The molecule has 2 heterocycles. The standard InChI is InChI=1S/C15H14N4O3/c1-21-11-6-4-10(5-7-11)13-14(20)17-15(19-18-13)16-9-12-3-2-8-22-12/h2-8H,9H2,1H3,(H2,16,17,19,20). The maximum Gasteiger partial charge on any atom is 0.279 e. The largest absolute Gasteiger partial charge is 0.497 e. The summed E-state index contributed by atoms with van der Waals surface area (Å²) in [5.41, 5.74) is 0.612. The van der Waals surface area contributed by atoms with E-state index in [2.05, 4.69) is 20.5 Å². The molecule has 0 spiro atoms. The predicted molar refractivity (Wildman–Crippen MR) is 80.7 cm³/mol. The Morgan fingerprint density at radius 3 is 2.68 bits per heavy atom. The van der Waals surface area contributed by atoms with E-state index in [-0.39, 0.29) is 11.3 Å². The number of methoxy groups -OCH3 is 1. The monoisotopic (exact) mass is 298 g/mol. The van der Waals surface area contributed by atoms with Crippen LogP contribution >= 0.6 is 0 Å². The Hall–Kier alpha value is -3.09. The lowest BCUT2D eigenvalue weighted by molar-refractivity contribution is 0.415. The van der Waals surface area contributed by atoms with Crippen LogP contribution in [0.1, 0.15) is 5.76 Å². The van der Waals surface area contributed by atoms with Gasteiger partial charge in [0.25, 0.3) is 5.56 Å². The van der Waals surface area contributed by atoms with Crippen LogP contribution in [-0.2, 0) is 6.54 Å². The van der Waals surface area contributed by atoms with Gasteiger partial charge in [-0.15, -0.1) is 10.2 Å². The van der Waals surface area contributed by atoms with E-state index < -0.39 is 0 Å². The molecule has 7 nitrogen and oxygen atoms in total. The maximum absolute atomic E-state index is 12.1. The first-order chi connectivity index (χ1) is 10.8. The van der Waals surface area contributed by atoms with Crippen molar-refractivity contribution in [1.29, 1.82) is 0 Å². The third-order valence-corrected chi connectivity index (χ3v) is 3.07. The van der Waals surface area contributed by atoms with Crippen LogP contribution in [-0.4, -0.2) is 22.3 Å². The number of nitrogens with one attached hydrogen (secondary N) is 2. The molecule has 0 atom stereocenters. The number of hydrogen-bond acceptors (Lipinski definition) is 6. The lowest BCUT2D eigenvalue weighted by atomic mass is 10.1. The average molecular weight is 298 g/mol. The Bertz CT molecular complexity index is 794.